The van der Waals surface area contributed by atoms with Gasteiger partial charge in [0.05, 0.1) is 13.2 Å². The number of hydrogen-bond acceptors (Lipinski definition) is 3. The van der Waals surface area contributed by atoms with Crippen molar-refractivity contribution in [3.8, 4) is 0 Å². The van der Waals surface area contributed by atoms with Gasteiger partial charge in [0.1, 0.15) is 0 Å². The highest BCUT2D eigenvalue weighted by Crippen LogP contribution is 2.18. The van der Waals surface area contributed by atoms with Gasteiger partial charge in [-0.2, -0.15) is 0 Å². The fourth-order valence-electron chi connectivity index (χ4n) is 1.70. The van der Waals surface area contributed by atoms with Gasteiger partial charge in [0.15, 0.2) is 0 Å². The fraction of sp³-hybridized carbons (Fsp3) is 1.00. The van der Waals surface area contributed by atoms with E-state index >= 15 is 0 Å². The van der Waals surface area contributed by atoms with Crippen LogP contribution in [0.5, 0.6) is 0 Å². The quantitative estimate of drug-likeness (QED) is 0.616. The van der Waals surface area contributed by atoms with Crippen molar-refractivity contribution in [1.29, 1.82) is 0 Å². The molecule has 0 aromatic carbocycles. The van der Waals surface area contributed by atoms with Crippen LogP contribution < -0.4 is 0 Å². The summed E-state index contributed by atoms with van der Waals surface area (Å²) < 4.78 is 10.5. The summed E-state index contributed by atoms with van der Waals surface area (Å²) in [5, 5.41) is 0. The van der Waals surface area contributed by atoms with Crippen LogP contribution in [0.2, 0.25) is 0 Å². The topological polar surface area (TPSA) is 21.7 Å². The Bertz CT molecular complexity index is 148. The largest absolute Gasteiger partial charge is 0.385 e. The molecule has 1 heterocycles. The van der Waals surface area contributed by atoms with E-state index < -0.39 is 0 Å². The second kappa shape index (κ2) is 4.94. The maximum atomic E-state index is 5.45. The molecule has 0 aromatic rings. The summed E-state index contributed by atoms with van der Waals surface area (Å²) in [5.74, 6) is 0. The molecule has 1 rings (SSSR count). The molecule has 0 spiro atoms. The van der Waals surface area contributed by atoms with Crippen LogP contribution in [0.25, 0.3) is 0 Å². The van der Waals surface area contributed by atoms with Crippen molar-refractivity contribution >= 4 is 0 Å². The van der Waals surface area contributed by atoms with Crippen molar-refractivity contribution in [2.75, 3.05) is 40.0 Å². The van der Waals surface area contributed by atoms with Gasteiger partial charge in [-0.15, -0.1) is 0 Å². The number of rotatable bonds is 4. The van der Waals surface area contributed by atoms with Crippen molar-refractivity contribution < 1.29 is 9.47 Å². The normalized spacial score (nSPS) is 23.3. The molecule has 1 saturated heterocycles. The Morgan fingerprint density at radius 2 is 2.23 bits per heavy atom. The van der Waals surface area contributed by atoms with Gasteiger partial charge in [0.25, 0.3) is 0 Å². The lowest BCUT2D eigenvalue weighted by atomic mass is 10.0. The smallest absolute Gasteiger partial charge is 0.0645 e. The molecule has 78 valence electrons. The average Bonchev–Trinajstić information content (AvgIpc) is 2.08. The second-order valence-corrected chi connectivity index (χ2v) is 4.20. The zero-order chi connectivity index (χ0) is 9.73. The number of ether oxygens (including phenoxy) is 2. The molecular weight excluding hydrogens is 166 g/mol. The summed E-state index contributed by atoms with van der Waals surface area (Å²) in [4.78, 5) is 2.48. The molecule has 0 unspecified atom stereocenters. The summed E-state index contributed by atoms with van der Waals surface area (Å²) in [6.45, 7) is 9.21. The number of morpholine rings is 1. The Kier molecular flexibility index (Phi) is 4.16. The summed E-state index contributed by atoms with van der Waals surface area (Å²) >= 11 is 0. The van der Waals surface area contributed by atoms with Crippen molar-refractivity contribution in [3.05, 3.63) is 0 Å². The molecule has 0 saturated carbocycles. The van der Waals surface area contributed by atoms with E-state index in [0.717, 1.165) is 39.3 Å². The van der Waals surface area contributed by atoms with Crippen molar-refractivity contribution in [3.63, 3.8) is 0 Å². The predicted octanol–water partition coefficient (Wildman–Crippen LogP) is 1.13. The van der Waals surface area contributed by atoms with Crippen molar-refractivity contribution in [2.24, 2.45) is 0 Å². The van der Waals surface area contributed by atoms with E-state index in [4.69, 9.17) is 9.47 Å². The van der Waals surface area contributed by atoms with Crippen LogP contribution in [0, 0.1) is 0 Å². The van der Waals surface area contributed by atoms with Gasteiger partial charge in [0.2, 0.25) is 0 Å². The monoisotopic (exact) mass is 187 g/mol. The van der Waals surface area contributed by atoms with E-state index in [-0.39, 0.29) is 5.54 Å². The molecule has 13 heavy (non-hydrogen) atoms. The van der Waals surface area contributed by atoms with Crippen molar-refractivity contribution in [1.82, 2.24) is 4.90 Å². The third-order valence-corrected chi connectivity index (χ3v) is 2.59. The second-order valence-electron chi connectivity index (χ2n) is 4.20. The highest BCUT2D eigenvalue weighted by molar-refractivity contribution is 4.83. The number of hydrogen-bond donors (Lipinski definition) is 0. The number of nitrogens with zero attached hydrogens (tertiary/aromatic N) is 1. The van der Waals surface area contributed by atoms with Crippen LogP contribution in [0.1, 0.15) is 20.3 Å². The molecule has 0 radical (unpaired) electrons. The summed E-state index contributed by atoms with van der Waals surface area (Å²) in [6, 6.07) is 0. The lowest BCUT2D eigenvalue weighted by Crippen LogP contribution is -2.53. The van der Waals surface area contributed by atoms with Gasteiger partial charge < -0.3 is 9.47 Å². The van der Waals surface area contributed by atoms with Crippen LogP contribution in [0.3, 0.4) is 0 Å². The van der Waals surface area contributed by atoms with Crippen LogP contribution >= 0.6 is 0 Å². The van der Waals surface area contributed by atoms with Gasteiger partial charge in [-0.1, -0.05) is 0 Å². The lowest BCUT2D eigenvalue weighted by molar-refractivity contribution is -0.0529. The van der Waals surface area contributed by atoms with E-state index in [1.165, 1.54) is 0 Å². The van der Waals surface area contributed by atoms with Gasteiger partial charge in [-0.3, -0.25) is 4.90 Å². The molecule has 1 aliphatic heterocycles. The zero-order valence-corrected chi connectivity index (χ0v) is 9.01. The van der Waals surface area contributed by atoms with Crippen LogP contribution in [0.15, 0.2) is 0 Å². The molecule has 0 N–H and O–H groups in total. The Morgan fingerprint density at radius 3 is 2.85 bits per heavy atom. The van der Waals surface area contributed by atoms with Gasteiger partial charge in [-0.25, -0.2) is 0 Å². The lowest BCUT2D eigenvalue weighted by Gasteiger charge is -2.42. The Balaban J connectivity index is 2.29. The standard InChI is InChI=1S/C10H21NO2/c1-10(2)9-13-8-6-11(10)5-4-7-12-3/h4-9H2,1-3H3. The molecule has 1 aliphatic rings. The van der Waals surface area contributed by atoms with Crippen LogP contribution in [-0.2, 0) is 9.47 Å². The minimum absolute atomic E-state index is 0.200. The average molecular weight is 187 g/mol. The number of methoxy groups -OCH3 is 1. The molecule has 0 bridgehead atoms. The van der Waals surface area contributed by atoms with Crippen LogP contribution in [0.4, 0.5) is 0 Å². The minimum Gasteiger partial charge on any atom is -0.385 e. The van der Waals surface area contributed by atoms with Gasteiger partial charge >= 0.3 is 0 Å². The molecule has 0 aliphatic carbocycles. The first-order valence-corrected chi connectivity index (χ1v) is 4.98. The van der Waals surface area contributed by atoms with E-state index in [2.05, 4.69) is 18.7 Å². The fourth-order valence-corrected chi connectivity index (χ4v) is 1.70. The van der Waals surface area contributed by atoms with Crippen molar-refractivity contribution in [2.45, 2.75) is 25.8 Å². The first kappa shape index (κ1) is 11.0. The molecule has 0 aromatic heterocycles. The zero-order valence-electron chi connectivity index (χ0n) is 9.01. The summed E-state index contributed by atoms with van der Waals surface area (Å²) in [7, 11) is 1.75. The van der Waals surface area contributed by atoms with E-state index in [9.17, 15) is 0 Å². The van der Waals surface area contributed by atoms with E-state index in [1.54, 1.807) is 7.11 Å². The predicted molar refractivity (Wildman–Crippen MR) is 53.0 cm³/mol. The molecule has 0 amide bonds. The Hall–Kier alpha value is -0.120. The maximum Gasteiger partial charge on any atom is 0.0645 e. The summed E-state index contributed by atoms with van der Waals surface area (Å²) in [5.41, 5.74) is 0.200. The molecule has 0 atom stereocenters. The van der Waals surface area contributed by atoms with Gasteiger partial charge in [-0.05, 0) is 20.3 Å². The first-order chi connectivity index (χ1) is 6.17. The molecule has 1 fully saturated rings. The van der Waals surface area contributed by atoms with E-state index in [0.29, 0.717) is 0 Å². The Morgan fingerprint density at radius 1 is 1.46 bits per heavy atom. The van der Waals surface area contributed by atoms with E-state index in [1.807, 2.05) is 0 Å². The third-order valence-electron chi connectivity index (χ3n) is 2.59. The first-order valence-electron chi connectivity index (χ1n) is 4.98. The highest BCUT2D eigenvalue weighted by Gasteiger charge is 2.29. The molecule has 3 heteroatoms. The summed E-state index contributed by atoms with van der Waals surface area (Å²) in [6.07, 6.45) is 1.11. The molecular formula is C10H21NO2. The Labute approximate surface area is 81.0 Å². The SMILES string of the molecule is COCCCN1CCOCC1(C)C. The van der Waals surface area contributed by atoms with Crippen LogP contribution in [-0.4, -0.2) is 50.5 Å². The molecule has 3 nitrogen and oxygen atoms in total. The minimum atomic E-state index is 0.200. The maximum absolute atomic E-state index is 5.45. The third kappa shape index (κ3) is 3.25. The van der Waals surface area contributed by atoms with Gasteiger partial charge in [0, 0.05) is 32.3 Å². The highest BCUT2D eigenvalue weighted by atomic mass is 16.5.